The molecular weight excluding hydrogens is 252 g/mol. The van der Waals surface area contributed by atoms with Crippen LogP contribution in [0, 0.1) is 0 Å². The minimum absolute atomic E-state index is 0.462. The van der Waals surface area contributed by atoms with E-state index in [0.29, 0.717) is 12.1 Å². The summed E-state index contributed by atoms with van der Waals surface area (Å²) in [6.07, 6.45) is 5.36. The first-order valence-corrected chi connectivity index (χ1v) is 7.14. The highest BCUT2D eigenvalue weighted by Gasteiger charge is 2.16. The Balaban J connectivity index is 1.57. The van der Waals surface area contributed by atoms with Gasteiger partial charge in [-0.1, -0.05) is 0 Å². The zero-order valence-electron chi connectivity index (χ0n) is 11.7. The van der Waals surface area contributed by atoms with E-state index in [1.54, 1.807) is 11.0 Å². The van der Waals surface area contributed by atoms with Gasteiger partial charge in [-0.05, 0) is 67.4 Å². The van der Waals surface area contributed by atoms with Crippen LogP contribution in [0.2, 0.25) is 0 Å². The van der Waals surface area contributed by atoms with Gasteiger partial charge in [-0.2, -0.15) is 0 Å². The van der Waals surface area contributed by atoms with Gasteiger partial charge in [0, 0.05) is 17.8 Å². The van der Waals surface area contributed by atoms with Crippen LogP contribution in [0.3, 0.4) is 0 Å². The lowest BCUT2D eigenvalue weighted by Gasteiger charge is -2.19. The number of hydrogen-bond donors (Lipinski definition) is 2. The van der Waals surface area contributed by atoms with E-state index >= 15 is 0 Å². The molecule has 6 nitrogen and oxygen atoms in total. The Morgan fingerprint density at radius 1 is 1.40 bits per heavy atom. The monoisotopic (exact) mass is 272 g/mol. The van der Waals surface area contributed by atoms with Crippen LogP contribution in [0.4, 0.5) is 5.69 Å². The Labute approximate surface area is 118 Å². The average Bonchev–Trinajstić information content (AvgIpc) is 3.12. The Hall–Kier alpha value is -1.95. The first-order chi connectivity index (χ1) is 9.81. The van der Waals surface area contributed by atoms with Gasteiger partial charge in [-0.3, -0.25) is 0 Å². The predicted octanol–water partition coefficient (Wildman–Crippen LogP) is 1.60. The molecule has 1 aromatic heterocycles. The number of anilines is 1. The van der Waals surface area contributed by atoms with E-state index in [-0.39, 0.29) is 0 Å². The molecule has 0 spiro atoms. The number of hydrogen-bond acceptors (Lipinski definition) is 5. The van der Waals surface area contributed by atoms with Crippen molar-refractivity contribution < 1.29 is 0 Å². The molecule has 1 aromatic carbocycles. The van der Waals surface area contributed by atoms with Crippen molar-refractivity contribution in [1.29, 1.82) is 0 Å². The molecule has 0 radical (unpaired) electrons. The van der Waals surface area contributed by atoms with E-state index < -0.39 is 0 Å². The smallest absolute Gasteiger partial charge is 0.143 e. The minimum Gasteiger partial charge on any atom is -0.383 e. The number of aromatic nitrogens is 4. The second-order valence-electron chi connectivity index (χ2n) is 5.38. The molecule has 106 valence electrons. The quantitative estimate of drug-likeness (QED) is 0.865. The van der Waals surface area contributed by atoms with Crippen molar-refractivity contribution in [3.63, 3.8) is 0 Å². The molecule has 1 saturated heterocycles. The predicted molar refractivity (Wildman–Crippen MR) is 77.9 cm³/mol. The highest BCUT2D eigenvalue weighted by molar-refractivity contribution is 5.48. The summed E-state index contributed by atoms with van der Waals surface area (Å²) < 4.78 is 1.65. The summed E-state index contributed by atoms with van der Waals surface area (Å²) >= 11 is 0. The minimum atomic E-state index is 0.462. The van der Waals surface area contributed by atoms with E-state index in [2.05, 4.69) is 45.2 Å². The van der Waals surface area contributed by atoms with Gasteiger partial charge in [0.2, 0.25) is 0 Å². The van der Waals surface area contributed by atoms with Crippen LogP contribution in [0.15, 0.2) is 30.6 Å². The fourth-order valence-electron chi connectivity index (χ4n) is 2.72. The van der Waals surface area contributed by atoms with E-state index in [1.807, 2.05) is 12.1 Å². The van der Waals surface area contributed by atoms with Gasteiger partial charge in [0.05, 0.1) is 5.69 Å². The van der Waals surface area contributed by atoms with Crippen molar-refractivity contribution >= 4 is 5.69 Å². The zero-order chi connectivity index (χ0) is 13.8. The van der Waals surface area contributed by atoms with Crippen LogP contribution in [0.25, 0.3) is 5.69 Å². The molecule has 2 N–H and O–H groups in total. The molecule has 0 aliphatic carbocycles. The number of benzene rings is 1. The lowest BCUT2D eigenvalue weighted by Crippen LogP contribution is -2.29. The number of rotatable bonds is 5. The molecule has 2 unspecified atom stereocenters. The second kappa shape index (κ2) is 6.00. The van der Waals surface area contributed by atoms with Crippen molar-refractivity contribution in [2.45, 2.75) is 38.3 Å². The lowest BCUT2D eigenvalue weighted by molar-refractivity contribution is 0.523. The van der Waals surface area contributed by atoms with E-state index in [0.717, 1.165) is 24.3 Å². The Morgan fingerprint density at radius 3 is 2.90 bits per heavy atom. The molecule has 2 aromatic rings. The molecule has 1 aliphatic rings. The number of nitrogens with zero attached hydrogens (tertiary/aromatic N) is 4. The largest absolute Gasteiger partial charge is 0.383 e. The van der Waals surface area contributed by atoms with Gasteiger partial charge in [-0.25, -0.2) is 4.68 Å². The normalized spacial score (nSPS) is 19.9. The maximum Gasteiger partial charge on any atom is 0.143 e. The fourth-order valence-corrected chi connectivity index (χ4v) is 2.72. The highest BCUT2D eigenvalue weighted by Crippen LogP contribution is 2.16. The van der Waals surface area contributed by atoms with Crippen molar-refractivity contribution in [2.24, 2.45) is 0 Å². The third-order valence-electron chi connectivity index (χ3n) is 3.69. The van der Waals surface area contributed by atoms with Crippen LogP contribution >= 0.6 is 0 Å². The second-order valence-corrected chi connectivity index (χ2v) is 5.38. The van der Waals surface area contributed by atoms with E-state index in [1.165, 1.54) is 12.8 Å². The standard InChI is InChI=1S/C14H20N6/c1-11(9-13-3-2-8-15-13)17-12-4-6-14(7-5-12)20-10-16-18-19-20/h4-7,10-11,13,15,17H,2-3,8-9H2,1H3. The van der Waals surface area contributed by atoms with Gasteiger partial charge in [0.1, 0.15) is 6.33 Å². The molecule has 20 heavy (non-hydrogen) atoms. The summed E-state index contributed by atoms with van der Waals surface area (Å²) in [6, 6.07) is 9.28. The van der Waals surface area contributed by atoms with Crippen LogP contribution in [0.5, 0.6) is 0 Å². The summed E-state index contributed by atoms with van der Waals surface area (Å²) in [5.41, 5.74) is 2.10. The van der Waals surface area contributed by atoms with Crippen LogP contribution in [-0.2, 0) is 0 Å². The third-order valence-corrected chi connectivity index (χ3v) is 3.69. The van der Waals surface area contributed by atoms with Crippen molar-refractivity contribution in [1.82, 2.24) is 25.5 Å². The first kappa shape index (κ1) is 13.1. The Morgan fingerprint density at radius 2 is 2.25 bits per heavy atom. The maximum absolute atomic E-state index is 3.87. The molecular formula is C14H20N6. The molecule has 0 bridgehead atoms. The molecule has 2 atom stereocenters. The van der Waals surface area contributed by atoms with E-state index in [4.69, 9.17) is 0 Å². The molecule has 0 amide bonds. The third kappa shape index (κ3) is 3.14. The van der Waals surface area contributed by atoms with Gasteiger partial charge in [-0.15, -0.1) is 5.10 Å². The molecule has 6 heteroatoms. The van der Waals surface area contributed by atoms with Crippen molar-refractivity contribution in [3.05, 3.63) is 30.6 Å². The Kier molecular flexibility index (Phi) is 3.92. The lowest BCUT2D eigenvalue weighted by atomic mass is 10.1. The van der Waals surface area contributed by atoms with Crippen molar-refractivity contribution in [3.8, 4) is 5.69 Å². The molecule has 3 rings (SSSR count). The summed E-state index contributed by atoms with van der Waals surface area (Å²) in [5, 5.41) is 18.2. The van der Waals surface area contributed by atoms with Crippen LogP contribution in [0.1, 0.15) is 26.2 Å². The fraction of sp³-hybridized carbons (Fsp3) is 0.500. The van der Waals surface area contributed by atoms with E-state index in [9.17, 15) is 0 Å². The van der Waals surface area contributed by atoms with Crippen molar-refractivity contribution in [2.75, 3.05) is 11.9 Å². The highest BCUT2D eigenvalue weighted by atomic mass is 15.5. The zero-order valence-corrected chi connectivity index (χ0v) is 11.7. The molecule has 0 saturated carbocycles. The number of nitrogens with one attached hydrogen (secondary N) is 2. The maximum atomic E-state index is 3.87. The van der Waals surface area contributed by atoms with Gasteiger partial charge < -0.3 is 10.6 Å². The molecule has 1 aliphatic heterocycles. The summed E-state index contributed by atoms with van der Waals surface area (Å²) in [5.74, 6) is 0. The van der Waals surface area contributed by atoms with Crippen LogP contribution in [-0.4, -0.2) is 38.8 Å². The summed E-state index contributed by atoms with van der Waals surface area (Å²) in [6.45, 7) is 3.40. The number of tetrazole rings is 1. The molecule has 1 fully saturated rings. The SMILES string of the molecule is CC(CC1CCCN1)Nc1ccc(-n2cnnn2)cc1. The Bertz CT molecular complexity index is 515. The van der Waals surface area contributed by atoms with Gasteiger partial charge >= 0.3 is 0 Å². The average molecular weight is 272 g/mol. The first-order valence-electron chi connectivity index (χ1n) is 7.14. The molecule has 2 heterocycles. The summed E-state index contributed by atoms with van der Waals surface area (Å²) in [7, 11) is 0. The van der Waals surface area contributed by atoms with Crippen LogP contribution < -0.4 is 10.6 Å². The van der Waals surface area contributed by atoms with Gasteiger partial charge in [0.25, 0.3) is 0 Å². The topological polar surface area (TPSA) is 67.7 Å². The summed E-state index contributed by atoms with van der Waals surface area (Å²) in [4.78, 5) is 0. The van der Waals surface area contributed by atoms with Gasteiger partial charge in [0.15, 0.2) is 0 Å².